The average molecular weight is 366 g/mol. The van der Waals surface area contributed by atoms with Crippen molar-refractivity contribution in [2.75, 3.05) is 11.9 Å². The van der Waals surface area contributed by atoms with E-state index in [-0.39, 0.29) is 29.6 Å². The van der Waals surface area contributed by atoms with Crippen molar-refractivity contribution < 1.29 is 23.1 Å². The van der Waals surface area contributed by atoms with Crippen molar-refractivity contribution in [3.8, 4) is 0 Å². The van der Waals surface area contributed by atoms with Crippen LogP contribution in [-0.2, 0) is 32.6 Å². The first-order valence-corrected chi connectivity index (χ1v) is 8.92. The number of aliphatic carboxylic acids is 1. The van der Waals surface area contributed by atoms with E-state index in [2.05, 4.69) is 15.1 Å². The lowest BCUT2D eigenvalue weighted by Crippen LogP contribution is -2.23. The van der Waals surface area contributed by atoms with Gasteiger partial charge in [-0.15, -0.1) is 0 Å². The van der Waals surface area contributed by atoms with Gasteiger partial charge in [0.2, 0.25) is 15.9 Å². The number of carboxylic acid groups (broad SMARTS) is 1. The molecule has 134 valence electrons. The van der Waals surface area contributed by atoms with E-state index in [1.54, 1.807) is 19.1 Å². The van der Waals surface area contributed by atoms with E-state index >= 15 is 0 Å². The van der Waals surface area contributed by atoms with Gasteiger partial charge >= 0.3 is 5.97 Å². The second kappa shape index (κ2) is 7.90. The molecule has 0 aliphatic rings. The zero-order chi connectivity index (χ0) is 18.4. The first-order valence-electron chi connectivity index (χ1n) is 7.44. The van der Waals surface area contributed by atoms with Crippen molar-refractivity contribution >= 4 is 27.7 Å². The van der Waals surface area contributed by atoms with Crippen molar-refractivity contribution in [1.82, 2.24) is 14.5 Å². The number of benzene rings is 1. The molecular weight excluding hydrogens is 348 g/mol. The second-order valence-electron chi connectivity index (χ2n) is 5.16. The monoisotopic (exact) mass is 366 g/mol. The fourth-order valence-corrected chi connectivity index (χ4v) is 3.13. The van der Waals surface area contributed by atoms with Gasteiger partial charge in [0.05, 0.1) is 11.3 Å². The smallest absolute Gasteiger partial charge is 0.325 e. The van der Waals surface area contributed by atoms with E-state index in [0.717, 1.165) is 0 Å². The number of aromatic nitrogens is 2. The molecule has 0 radical (unpaired) electrons. The molecule has 1 aromatic heterocycles. The highest BCUT2D eigenvalue weighted by molar-refractivity contribution is 7.89. The topological polar surface area (TPSA) is 130 Å². The van der Waals surface area contributed by atoms with Gasteiger partial charge in [0.15, 0.2) is 5.82 Å². The van der Waals surface area contributed by atoms with Crippen LogP contribution in [0.3, 0.4) is 0 Å². The maximum absolute atomic E-state index is 12.0. The van der Waals surface area contributed by atoms with Gasteiger partial charge < -0.3 is 10.4 Å². The van der Waals surface area contributed by atoms with Crippen LogP contribution in [0.15, 0.2) is 41.4 Å². The highest BCUT2D eigenvalue weighted by atomic mass is 32.2. The Kier molecular flexibility index (Phi) is 5.88. The zero-order valence-electron chi connectivity index (χ0n) is 13.5. The molecule has 9 nitrogen and oxygen atoms in total. The molecular formula is C15H18N4O5S. The van der Waals surface area contributed by atoms with Crippen LogP contribution in [0.1, 0.15) is 12.5 Å². The highest BCUT2D eigenvalue weighted by Crippen LogP contribution is 2.12. The van der Waals surface area contributed by atoms with Gasteiger partial charge in [-0.1, -0.05) is 19.1 Å². The Morgan fingerprint density at radius 3 is 2.48 bits per heavy atom. The van der Waals surface area contributed by atoms with Crippen molar-refractivity contribution in [2.45, 2.75) is 24.8 Å². The number of sulfonamides is 1. The number of carbonyl (C=O) groups is 2. The van der Waals surface area contributed by atoms with Crippen molar-refractivity contribution in [1.29, 1.82) is 0 Å². The number of hydrogen-bond donors (Lipinski definition) is 3. The highest BCUT2D eigenvalue weighted by Gasteiger charge is 2.13. The molecule has 1 amide bonds. The Hall–Kier alpha value is -2.72. The predicted octanol–water partition coefficient (Wildman–Crippen LogP) is 0.447. The molecule has 2 rings (SSSR count). The lowest BCUT2D eigenvalue weighted by molar-refractivity contribution is -0.137. The van der Waals surface area contributed by atoms with Crippen LogP contribution in [0, 0.1) is 0 Å². The van der Waals surface area contributed by atoms with Crippen LogP contribution in [0.5, 0.6) is 0 Å². The standard InChI is InChI=1S/C15H18N4O5S/c1-2-16-25(23,24)12-5-3-11(4-6-12)9-14(20)17-13-7-8-19(18-13)10-15(21)22/h3-8,16H,2,9-10H2,1H3,(H,21,22)(H,17,18,20). The number of hydrogen-bond acceptors (Lipinski definition) is 5. The third-order valence-electron chi connectivity index (χ3n) is 3.14. The first kappa shape index (κ1) is 18.6. The Labute approximate surface area is 144 Å². The average Bonchev–Trinajstić information content (AvgIpc) is 2.93. The van der Waals surface area contributed by atoms with E-state index < -0.39 is 16.0 Å². The molecule has 0 aliphatic carbocycles. The molecule has 0 saturated carbocycles. The normalized spacial score (nSPS) is 11.2. The number of nitrogens with zero attached hydrogens (tertiary/aromatic N) is 2. The Morgan fingerprint density at radius 2 is 1.88 bits per heavy atom. The zero-order valence-corrected chi connectivity index (χ0v) is 14.3. The number of carboxylic acids is 1. The minimum Gasteiger partial charge on any atom is -0.480 e. The van der Waals surface area contributed by atoms with Gasteiger partial charge in [-0.2, -0.15) is 5.10 Å². The molecule has 1 aromatic carbocycles. The summed E-state index contributed by atoms with van der Waals surface area (Å²) in [5.41, 5.74) is 0.637. The molecule has 1 heterocycles. The fourth-order valence-electron chi connectivity index (χ4n) is 2.09. The van der Waals surface area contributed by atoms with E-state index in [4.69, 9.17) is 5.11 Å². The van der Waals surface area contributed by atoms with Gasteiger partial charge in [-0.3, -0.25) is 14.3 Å². The number of rotatable bonds is 8. The molecule has 0 saturated heterocycles. The molecule has 0 spiro atoms. The summed E-state index contributed by atoms with van der Waals surface area (Å²) in [4.78, 5) is 22.7. The van der Waals surface area contributed by atoms with Crippen molar-refractivity contribution in [3.05, 3.63) is 42.1 Å². The van der Waals surface area contributed by atoms with E-state index in [1.807, 2.05) is 0 Å². The van der Waals surface area contributed by atoms with E-state index in [1.165, 1.54) is 29.1 Å². The van der Waals surface area contributed by atoms with Gasteiger partial charge in [-0.25, -0.2) is 13.1 Å². The van der Waals surface area contributed by atoms with Gasteiger partial charge in [0.1, 0.15) is 6.54 Å². The Morgan fingerprint density at radius 1 is 1.20 bits per heavy atom. The number of amides is 1. The molecule has 0 unspecified atom stereocenters. The molecule has 25 heavy (non-hydrogen) atoms. The Balaban J connectivity index is 1.96. The molecule has 0 fully saturated rings. The van der Waals surface area contributed by atoms with Crippen LogP contribution in [0.25, 0.3) is 0 Å². The third kappa shape index (κ3) is 5.40. The summed E-state index contributed by atoms with van der Waals surface area (Å²) in [6, 6.07) is 7.48. The summed E-state index contributed by atoms with van der Waals surface area (Å²) >= 11 is 0. The molecule has 0 atom stereocenters. The second-order valence-corrected chi connectivity index (χ2v) is 6.93. The van der Waals surface area contributed by atoms with Crippen LogP contribution in [-0.4, -0.2) is 41.7 Å². The van der Waals surface area contributed by atoms with Crippen LogP contribution >= 0.6 is 0 Å². The van der Waals surface area contributed by atoms with Crippen LogP contribution in [0.4, 0.5) is 5.82 Å². The molecule has 0 aliphatic heterocycles. The maximum Gasteiger partial charge on any atom is 0.325 e. The minimum atomic E-state index is -3.52. The van der Waals surface area contributed by atoms with Crippen LogP contribution in [0.2, 0.25) is 0 Å². The number of carbonyl (C=O) groups excluding carboxylic acids is 1. The van der Waals surface area contributed by atoms with Gasteiger partial charge in [0.25, 0.3) is 0 Å². The molecule has 2 aromatic rings. The van der Waals surface area contributed by atoms with Gasteiger partial charge in [0, 0.05) is 18.8 Å². The molecule has 0 bridgehead atoms. The summed E-state index contributed by atoms with van der Waals surface area (Å²) in [6.45, 7) is 1.69. The van der Waals surface area contributed by atoms with Gasteiger partial charge in [-0.05, 0) is 17.7 Å². The summed E-state index contributed by atoms with van der Waals surface area (Å²) in [5.74, 6) is -1.13. The summed E-state index contributed by atoms with van der Waals surface area (Å²) < 4.78 is 27.3. The third-order valence-corrected chi connectivity index (χ3v) is 4.70. The molecule has 10 heteroatoms. The quantitative estimate of drug-likeness (QED) is 0.622. The first-order chi connectivity index (χ1) is 11.8. The fraction of sp³-hybridized carbons (Fsp3) is 0.267. The lowest BCUT2D eigenvalue weighted by Gasteiger charge is -2.06. The number of nitrogens with one attached hydrogen (secondary N) is 2. The van der Waals surface area contributed by atoms with Crippen LogP contribution < -0.4 is 10.0 Å². The van der Waals surface area contributed by atoms with Crippen molar-refractivity contribution in [3.63, 3.8) is 0 Å². The number of anilines is 1. The van der Waals surface area contributed by atoms with E-state index in [0.29, 0.717) is 12.1 Å². The van der Waals surface area contributed by atoms with Crippen molar-refractivity contribution in [2.24, 2.45) is 0 Å². The largest absolute Gasteiger partial charge is 0.480 e. The Bertz CT molecular complexity index is 858. The maximum atomic E-state index is 12.0. The summed E-state index contributed by atoms with van der Waals surface area (Å²) in [6.07, 6.45) is 1.48. The minimum absolute atomic E-state index is 0.0350. The predicted molar refractivity (Wildman–Crippen MR) is 89.5 cm³/mol. The van der Waals surface area contributed by atoms with E-state index in [9.17, 15) is 18.0 Å². The molecule has 3 N–H and O–H groups in total. The SMILES string of the molecule is CCNS(=O)(=O)c1ccc(CC(=O)Nc2ccn(CC(=O)O)n2)cc1. The summed E-state index contributed by atoms with van der Waals surface area (Å²) in [7, 11) is -3.52. The summed E-state index contributed by atoms with van der Waals surface area (Å²) in [5, 5.41) is 15.1. The lowest BCUT2D eigenvalue weighted by atomic mass is 10.1.